The van der Waals surface area contributed by atoms with E-state index in [1.807, 2.05) is 52.4 Å². The summed E-state index contributed by atoms with van der Waals surface area (Å²) in [7, 11) is 4.02. The largest absolute Gasteiger partial charge is 0.371 e. The molecule has 2 aliphatic carbocycles. The van der Waals surface area contributed by atoms with Crippen LogP contribution in [0.5, 0.6) is 0 Å². The number of aryl methyl sites for hydroxylation is 1. The maximum absolute atomic E-state index is 13.7. The van der Waals surface area contributed by atoms with Crippen LogP contribution in [0.1, 0.15) is 81.6 Å². The minimum atomic E-state index is -0.225. The Balaban J connectivity index is 1.59. The van der Waals surface area contributed by atoms with Crippen LogP contribution in [0.25, 0.3) is 11.1 Å². The van der Waals surface area contributed by atoms with E-state index in [0.29, 0.717) is 31.2 Å². The number of carbonyl (C=O) groups is 3. The quantitative estimate of drug-likeness (QED) is 0.360. The normalized spacial score (nSPS) is 21.6. The van der Waals surface area contributed by atoms with Gasteiger partial charge in [0.2, 0.25) is 0 Å². The van der Waals surface area contributed by atoms with Crippen molar-refractivity contribution in [3.05, 3.63) is 59.0 Å². The SMILES string of the molecule is CC(=O)CC1CCC(N(C)c2cc(-c3cnn(C)c3)cc(C(=O)CCC3C(=O)C=C(C)C=C3C)c2C)CC1. The predicted octanol–water partition coefficient (Wildman–Crippen LogP) is 6.42. The summed E-state index contributed by atoms with van der Waals surface area (Å²) in [5, 5.41) is 4.35. The standard InChI is InChI=1S/C32H41N3O3/c1-20-13-21(2)28(32(38)14-20)11-12-31(37)29-16-25(26-18-33-34(5)19-26)17-30(23(29)4)35(6)27-9-7-24(8-10-27)15-22(3)36/h13-14,16-19,24,27-28H,7-12,15H2,1-6H3. The van der Waals surface area contributed by atoms with Crippen LogP contribution >= 0.6 is 0 Å². The van der Waals surface area contributed by atoms with Gasteiger partial charge in [-0.2, -0.15) is 5.10 Å². The zero-order valence-corrected chi connectivity index (χ0v) is 23.7. The van der Waals surface area contributed by atoms with Gasteiger partial charge in [0, 0.05) is 61.9 Å². The van der Waals surface area contributed by atoms with Crippen LogP contribution in [0.2, 0.25) is 0 Å². The summed E-state index contributed by atoms with van der Waals surface area (Å²) in [6.07, 6.45) is 13.2. The topological polar surface area (TPSA) is 72.3 Å². The summed E-state index contributed by atoms with van der Waals surface area (Å²) in [5.41, 5.74) is 6.71. The summed E-state index contributed by atoms with van der Waals surface area (Å²) in [5.74, 6) is 0.696. The Labute approximate surface area is 226 Å². The van der Waals surface area contributed by atoms with Gasteiger partial charge < -0.3 is 9.69 Å². The van der Waals surface area contributed by atoms with Crippen molar-refractivity contribution in [3.63, 3.8) is 0 Å². The maximum atomic E-state index is 13.7. The molecule has 6 heteroatoms. The molecule has 0 bridgehead atoms. The van der Waals surface area contributed by atoms with Gasteiger partial charge in [0.15, 0.2) is 11.6 Å². The van der Waals surface area contributed by atoms with Crippen LogP contribution in [-0.2, 0) is 16.6 Å². The van der Waals surface area contributed by atoms with E-state index >= 15 is 0 Å². The zero-order chi connectivity index (χ0) is 27.6. The van der Waals surface area contributed by atoms with Gasteiger partial charge in [-0.25, -0.2) is 0 Å². The van der Waals surface area contributed by atoms with Crippen molar-refractivity contribution in [2.24, 2.45) is 18.9 Å². The number of ketones is 3. The highest BCUT2D eigenvalue weighted by Crippen LogP contribution is 2.37. The number of hydrogen-bond acceptors (Lipinski definition) is 5. The van der Waals surface area contributed by atoms with E-state index in [1.54, 1.807) is 17.7 Å². The maximum Gasteiger partial charge on any atom is 0.163 e. The highest BCUT2D eigenvalue weighted by atomic mass is 16.1. The van der Waals surface area contributed by atoms with Gasteiger partial charge in [0.25, 0.3) is 0 Å². The van der Waals surface area contributed by atoms with E-state index in [9.17, 15) is 14.4 Å². The lowest BCUT2D eigenvalue weighted by molar-refractivity contribution is -0.118. The van der Waals surface area contributed by atoms with E-state index < -0.39 is 0 Å². The molecule has 1 aromatic heterocycles. The van der Waals surface area contributed by atoms with Crippen LogP contribution in [-0.4, -0.2) is 40.2 Å². The van der Waals surface area contributed by atoms with Crippen molar-refractivity contribution in [2.75, 3.05) is 11.9 Å². The molecule has 0 spiro atoms. The van der Waals surface area contributed by atoms with Crippen LogP contribution in [0.4, 0.5) is 5.69 Å². The van der Waals surface area contributed by atoms with Crippen molar-refractivity contribution in [3.8, 4) is 11.1 Å². The van der Waals surface area contributed by atoms with E-state index in [4.69, 9.17) is 0 Å². The Hall–Kier alpha value is -3.28. The number of nitrogens with zero attached hydrogens (tertiary/aromatic N) is 3. The van der Waals surface area contributed by atoms with E-state index in [1.165, 1.54) is 0 Å². The molecule has 2 aromatic rings. The molecule has 1 aromatic carbocycles. The summed E-state index contributed by atoms with van der Waals surface area (Å²) < 4.78 is 1.77. The smallest absolute Gasteiger partial charge is 0.163 e. The summed E-state index contributed by atoms with van der Waals surface area (Å²) >= 11 is 0. The fourth-order valence-electron chi connectivity index (χ4n) is 6.26. The average Bonchev–Trinajstić information content (AvgIpc) is 3.29. The fraction of sp³-hybridized carbons (Fsp3) is 0.500. The minimum Gasteiger partial charge on any atom is -0.371 e. The highest BCUT2D eigenvalue weighted by Gasteiger charge is 2.28. The Morgan fingerprint density at radius 2 is 1.76 bits per heavy atom. The third kappa shape index (κ3) is 6.23. The van der Waals surface area contributed by atoms with Gasteiger partial charge in [-0.15, -0.1) is 0 Å². The number of hydrogen-bond donors (Lipinski definition) is 0. The molecular formula is C32H41N3O3. The zero-order valence-electron chi connectivity index (χ0n) is 23.7. The molecule has 1 heterocycles. The first-order valence-electron chi connectivity index (χ1n) is 13.8. The molecule has 2 aliphatic rings. The summed E-state index contributed by atoms with van der Waals surface area (Å²) in [6, 6.07) is 4.54. The molecule has 6 nitrogen and oxygen atoms in total. The average molecular weight is 516 g/mol. The molecule has 1 atom stereocenters. The molecule has 202 valence electrons. The number of aromatic nitrogens is 2. The van der Waals surface area contributed by atoms with Gasteiger partial charge >= 0.3 is 0 Å². The highest BCUT2D eigenvalue weighted by molar-refractivity contribution is 6.01. The van der Waals surface area contributed by atoms with E-state index in [-0.39, 0.29) is 23.3 Å². The van der Waals surface area contributed by atoms with Crippen LogP contribution in [0.15, 0.2) is 47.8 Å². The molecule has 1 fully saturated rings. The number of rotatable bonds is 9. The summed E-state index contributed by atoms with van der Waals surface area (Å²) in [6.45, 7) is 7.64. The number of Topliss-reactive ketones (excluding diaryl/α,β-unsaturated/α-hetero) is 2. The number of allylic oxidation sites excluding steroid dienone is 4. The Bertz CT molecular complexity index is 1290. The van der Waals surface area contributed by atoms with Gasteiger partial charge in [-0.3, -0.25) is 14.3 Å². The molecule has 38 heavy (non-hydrogen) atoms. The molecule has 1 unspecified atom stereocenters. The van der Waals surface area contributed by atoms with Crippen molar-refractivity contribution in [1.82, 2.24) is 9.78 Å². The van der Waals surface area contributed by atoms with E-state index in [0.717, 1.165) is 64.8 Å². The fourth-order valence-corrected chi connectivity index (χ4v) is 6.26. The molecule has 4 rings (SSSR count). The van der Waals surface area contributed by atoms with Crippen molar-refractivity contribution in [2.45, 2.75) is 78.7 Å². The minimum absolute atomic E-state index is 0.0694. The lowest BCUT2D eigenvalue weighted by atomic mass is 9.82. The third-order valence-electron chi connectivity index (χ3n) is 8.42. The molecule has 1 saturated carbocycles. The number of anilines is 1. The van der Waals surface area contributed by atoms with Crippen molar-refractivity contribution < 1.29 is 14.4 Å². The first-order valence-corrected chi connectivity index (χ1v) is 13.8. The second-order valence-electron chi connectivity index (χ2n) is 11.5. The van der Waals surface area contributed by atoms with Crippen LogP contribution in [0, 0.1) is 18.8 Å². The predicted molar refractivity (Wildman–Crippen MR) is 152 cm³/mol. The molecular weight excluding hydrogens is 474 g/mol. The van der Waals surface area contributed by atoms with Gasteiger partial charge in [0.1, 0.15) is 5.78 Å². The third-order valence-corrected chi connectivity index (χ3v) is 8.42. The van der Waals surface area contributed by atoms with Gasteiger partial charge in [0.05, 0.1) is 6.20 Å². The lowest BCUT2D eigenvalue weighted by Gasteiger charge is -2.37. The second-order valence-corrected chi connectivity index (χ2v) is 11.5. The molecule has 0 amide bonds. The monoisotopic (exact) mass is 515 g/mol. The van der Waals surface area contributed by atoms with Crippen LogP contribution < -0.4 is 4.90 Å². The van der Waals surface area contributed by atoms with Crippen molar-refractivity contribution >= 4 is 23.0 Å². The second kappa shape index (κ2) is 11.6. The Morgan fingerprint density at radius 1 is 1.05 bits per heavy atom. The molecule has 0 radical (unpaired) electrons. The molecule has 0 saturated heterocycles. The van der Waals surface area contributed by atoms with Crippen LogP contribution in [0.3, 0.4) is 0 Å². The van der Waals surface area contributed by atoms with E-state index in [2.05, 4.69) is 23.1 Å². The first kappa shape index (κ1) is 27.7. The van der Waals surface area contributed by atoms with Gasteiger partial charge in [-0.05, 0) is 101 Å². The van der Waals surface area contributed by atoms with Gasteiger partial charge in [-0.1, -0.05) is 11.6 Å². The first-order chi connectivity index (χ1) is 18.0. The summed E-state index contributed by atoms with van der Waals surface area (Å²) in [4.78, 5) is 40.2. The number of benzene rings is 1. The Kier molecular flexibility index (Phi) is 8.49. The van der Waals surface area contributed by atoms with Crippen molar-refractivity contribution in [1.29, 1.82) is 0 Å². The molecule has 0 aliphatic heterocycles. The lowest BCUT2D eigenvalue weighted by Crippen LogP contribution is -2.36. The number of carbonyl (C=O) groups excluding carboxylic acids is 3. The molecule has 0 N–H and O–H groups in total. The Morgan fingerprint density at radius 3 is 2.37 bits per heavy atom.